The van der Waals surface area contributed by atoms with Gasteiger partial charge in [-0.3, -0.25) is 4.79 Å². The fraction of sp³-hybridized carbons (Fsp3) is 0.923. The zero-order valence-corrected chi connectivity index (χ0v) is 11.3. The second kappa shape index (κ2) is 5.83. The fourth-order valence-electron chi connectivity index (χ4n) is 2.22. The van der Waals surface area contributed by atoms with Crippen LogP contribution < -0.4 is 10.6 Å². The topological polar surface area (TPSA) is 61.4 Å². The Labute approximate surface area is 104 Å². The molecular formula is C13H26N2O2. The van der Waals surface area contributed by atoms with Gasteiger partial charge in [0.15, 0.2) is 0 Å². The molecule has 1 saturated carbocycles. The Kier molecular flexibility index (Phi) is 4.95. The molecule has 0 bridgehead atoms. The molecule has 17 heavy (non-hydrogen) atoms. The molecule has 4 heteroatoms. The van der Waals surface area contributed by atoms with Crippen molar-refractivity contribution < 1.29 is 9.90 Å². The van der Waals surface area contributed by atoms with E-state index in [9.17, 15) is 9.90 Å². The maximum atomic E-state index is 11.0. The van der Waals surface area contributed by atoms with Crippen LogP contribution in [0.15, 0.2) is 0 Å². The highest BCUT2D eigenvalue weighted by Crippen LogP contribution is 2.39. The summed E-state index contributed by atoms with van der Waals surface area (Å²) in [7, 11) is 1.64. The molecule has 1 aliphatic rings. The zero-order valence-electron chi connectivity index (χ0n) is 11.3. The Morgan fingerprint density at radius 3 is 2.35 bits per heavy atom. The minimum absolute atomic E-state index is 0.0364. The molecule has 0 heterocycles. The van der Waals surface area contributed by atoms with Gasteiger partial charge in [-0.2, -0.15) is 0 Å². The van der Waals surface area contributed by atoms with Gasteiger partial charge in [-0.05, 0) is 31.1 Å². The number of carbonyl (C=O) groups is 1. The normalized spacial score (nSPS) is 22.1. The summed E-state index contributed by atoms with van der Waals surface area (Å²) >= 11 is 0. The quantitative estimate of drug-likeness (QED) is 0.631. The van der Waals surface area contributed by atoms with Gasteiger partial charge in [0.25, 0.3) is 0 Å². The van der Waals surface area contributed by atoms with Gasteiger partial charge in [0, 0.05) is 26.6 Å². The first-order chi connectivity index (χ1) is 7.87. The molecule has 0 spiro atoms. The first-order valence-corrected chi connectivity index (χ1v) is 6.51. The van der Waals surface area contributed by atoms with Crippen LogP contribution in [0.2, 0.25) is 0 Å². The van der Waals surface area contributed by atoms with Crippen LogP contribution in [-0.4, -0.2) is 36.8 Å². The first-order valence-electron chi connectivity index (χ1n) is 6.51. The highest BCUT2D eigenvalue weighted by atomic mass is 16.3. The SMILES string of the molecule is CNC(=O)CCNCC1(O)CCC(C)(C)CC1. The molecule has 1 amide bonds. The first kappa shape index (κ1) is 14.5. The molecule has 0 radical (unpaired) electrons. The van der Waals surface area contributed by atoms with E-state index in [2.05, 4.69) is 24.5 Å². The van der Waals surface area contributed by atoms with Gasteiger partial charge in [-0.1, -0.05) is 13.8 Å². The highest BCUT2D eigenvalue weighted by Gasteiger charge is 2.36. The number of aliphatic hydroxyl groups is 1. The fourth-order valence-corrected chi connectivity index (χ4v) is 2.22. The Morgan fingerprint density at radius 2 is 1.82 bits per heavy atom. The summed E-state index contributed by atoms with van der Waals surface area (Å²) in [5.41, 5.74) is -0.202. The summed E-state index contributed by atoms with van der Waals surface area (Å²) in [6.45, 7) is 5.74. The van der Waals surface area contributed by atoms with Crippen molar-refractivity contribution in [3.63, 3.8) is 0 Å². The second-order valence-corrected chi connectivity index (χ2v) is 5.99. The Bertz CT molecular complexity index is 254. The lowest BCUT2D eigenvalue weighted by atomic mass is 9.71. The van der Waals surface area contributed by atoms with Crippen molar-refractivity contribution in [2.75, 3.05) is 20.1 Å². The number of hydrogen-bond acceptors (Lipinski definition) is 3. The number of hydrogen-bond donors (Lipinski definition) is 3. The summed E-state index contributed by atoms with van der Waals surface area (Å²) in [4.78, 5) is 11.0. The van der Waals surface area contributed by atoms with E-state index >= 15 is 0 Å². The largest absolute Gasteiger partial charge is 0.389 e. The lowest BCUT2D eigenvalue weighted by Crippen LogP contribution is -2.45. The van der Waals surface area contributed by atoms with Gasteiger partial charge in [0.05, 0.1) is 5.60 Å². The van der Waals surface area contributed by atoms with E-state index in [4.69, 9.17) is 0 Å². The second-order valence-electron chi connectivity index (χ2n) is 5.99. The molecule has 1 rings (SSSR count). The van der Waals surface area contributed by atoms with Gasteiger partial charge >= 0.3 is 0 Å². The van der Waals surface area contributed by atoms with Crippen molar-refractivity contribution in [2.24, 2.45) is 5.41 Å². The van der Waals surface area contributed by atoms with Crippen molar-refractivity contribution in [2.45, 2.75) is 51.6 Å². The van der Waals surface area contributed by atoms with Gasteiger partial charge in [0.2, 0.25) is 5.91 Å². The van der Waals surface area contributed by atoms with E-state index in [1.807, 2.05) is 0 Å². The summed E-state index contributed by atoms with van der Waals surface area (Å²) in [5.74, 6) is 0.0364. The van der Waals surface area contributed by atoms with Crippen molar-refractivity contribution >= 4 is 5.91 Å². The predicted molar refractivity (Wildman–Crippen MR) is 68.8 cm³/mol. The molecule has 0 atom stereocenters. The average molecular weight is 242 g/mol. The molecule has 0 aromatic heterocycles. The predicted octanol–water partition coefficient (Wildman–Crippen LogP) is 1.04. The van der Waals surface area contributed by atoms with Crippen molar-refractivity contribution in [1.29, 1.82) is 0 Å². The lowest BCUT2D eigenvalue weighted by molar-refractivity contribution is -0.120. The Hall–Kier alpha value is -0.610. The van der Waals surface area contributed by atoms with Crippen LogP contribution in [0.25, 0.3) is 0 Å². The van der Waals surface area contributed by atoms with Crippen LogP contribution in [-0.2, 0) is 4.79 Å². The summed E-state index contributed by atoms with van der Waals surface area (Å²) < 4.78 is 0. The maximum Gasteiger partial charge on any atom is 0.221 e. The monoisotopic (exact) mass is 242 g/mol. The van der Waals surface area contributed by atoms with Gasteiger partial charge in [0.1, 0.15) is 0 Å². The maximum absolute atomic E-state index is 11.0. The number of rotatable bonds is 5. The molecule has 100 valence electrons. The molecule has 1 fully saturated rings. The molecule has 0 saturated heterocycles. The van der Waals surface area contributed by atoms with Crippen LogP contribution in [0.4, 0.5) is 0 Å². The minimum Gasteiger partial charge on any atom is -0.389 e. The van der Waals surface area contributed by atoms with Crippen LogP contribution in [0.5, 0.6) is 0 Å². The third-order valence-corrected chi connectivity index (χ3v) is 3.80. The van der Waals surface area contributed by atoms with E-state index in [1.54, 1.807) is 7.05 Å². The smallest absolute Gasteiger partial charge is 0.221 e. The van der Waals surface area contributed by atoms with Gasteiger partial charge in [-0.25, -0.2) is 0 Å². The minimum atomic E-state index is -0.571. The van der Waals surface area contributed by atoms with Crippen LogP contribution in [0, 0.1) is 5.41 Å². The molecule has 0 aromatic rings. The van der Waals surface area contributed by atoms with Crippen LogP contribution in [0.1, 0.15) is 46.0 Å². The van der Waals surface area contributed by atoms with Crippen LogP contribution >= 0.6 is 0 Å². The van der Waals surface area contributed by atoms with Crippen LogP contribution in [0.3, 0.4) is 0 Å². The van der Waals surface area contributed by atoms with Gasteiger partial charge < -0.3 is 15.7 Å². The zero-order chi connectivity index (χ0) is 12.9. The van der Waals surface area contributed by atoms with E-state index in [0.717, 1.165) is 25.7 Å². The Balaban J connectivity index is 2.21. The third kappa shape index (κ3) is 5.04. The summed E-state index contributed by atoms with van der Waals surface area (Å²) in [6, 6.07) is 0. The molecular weight excluding hydrogens is 216 g/mol. The number of amides is 1. The van der Waals surface area contributed by atoms with E-state index in [0.29, 0.717) is 24.9 Å². The Morgan fingerprint density at radius 1 is 1.24 bits per heavy atom. The van der Waals surface area contributed by atoms with Crippen molar-refractivity contribution in [3.05, 3.63) is 0 Å². The molecule has 1 aliphatic carbocycles. The molecule has 0 unspecified atom stereocenters. The summed E-state index contributed by atoms with van der Waals surface area (Å²) in [5, 5.41) is 16.1. The summed E-state index contributed by atoms with van der Waals surface area (Å²) in [6.07, 6.45) is 4.32. The molecule has 4 nitrogen and oxygen atoms in total. The van der Waals surface area contributed by atoms with E-state index < -0.39 is 5.60 Å². The van der Waals surface area contributed by atoms with Crippen molar-refractivity contribution in [1.82, 2.24) is 10.6 Å². The third-order valence-electron chi connectivity index (χ3n) is 3.80. The average Bonchev–Trinajstić information content (AvgIpc) is 2.29. The van der Waals surface area contributed by atoms with Crippen molar-refractivity contribution in [3.8, 4) is 0 Å². The lowest BCUT2D eigenvalue weighted by Gasteiger charge is -2.40. The number of carbonyl (C=O) groups excluding carboxylic acids is 1. The van der Waals surface area contributed by atoms with E-state index in [1.165, 1.54) is 0 Å². The molecule has 0 aromatic carbocycles. The van der Waals surface area contributed by atoms with Gasteiger partial charge in [-0.15, -0.1) is 0 Å². The molecule has 0 aliphatic heterocycles. The standard InChI is InChI=1S/C13H26N2O2/c1-12(2)5-7-13(17,8-6-12)10-15-9-4-11(16)14-3/h15,17H,4-10H2,1-3H3,(H,14,16). The number of nitrogens with one attached hydrogen (secondary N) is 2. The van der Waals surface area contributed by atoms with E-state index in [-0.39, 0.29) is 5.91 Å². The highest BCUT2D eigenvalue weighted by molar-refractivity contribution is 5.75. The molecule has 3 N–H and O–H groups in total.